The molecule has 3 N–H and O–H groups in total. The Balaban J connectivity index is 2.02. The van der Waals surface area contributed by atoms with Crippen LogP contribution in [0.3, 0.4) is 0 Å². The summed E-state index contributed by atoms with van der Waals surface area (Å²) >= 11 is 0. The Labute approximate surface area is 82.2 Å². The predicted molar refractivity (Wildman–Crippen MR) is 52.2 cm³/mol. The molecule has 0 radical (unpaired) electrons. The minimum absolute atomic E-state index is 0.198. The third-order valence-corrected chi connectivity index (χ3v) is 2.64. The summed E-state index contributed by atoms with van der Waals surface area (Å²) < 4.78 is 2.11. The number of hydrogen-bond donors (Lipinski definition) is 2. The van der Waals surface area contributed by atoms with Gasteiger partial charge in [-0.2, -0.15) is 0 Å². The van der Waals surface area contributed by atoms with Crippen molar-refractivity contribution in [3.05, 3.63) is 18.2 Å². The van der Waals surface area contributed by atoms with Crippen molar-refractivity contribution in [2.24, 2.45) is 10.9 Å². The first-order chi connectivity index (χ1) is 6.79. The fourth-order valence-corrected chi connectivity index (χ4v) is 1.58. The first-order valence-corrected chi connectivity index (χ1v) is 4.78. The van der Waals surface area contributed by atoms with Crippen LogP contribution in [0.2, 0.25) is 0 Å². The van der Waals surface area contributed by atoms with E-state index < -0.39 is 0 Å². The summed E-state index contributed by atoms with van der Waals surface area (Å²) in [4.78, 5) is 4.20. The second kappa shape index (κ2) is 3.69. The number of hydrogen-bond acceptors (Lipinski definition) is 3. The highest BCUT2D eigenvalue weighted by molar-refractivity contribution is 5.81. The average molecular weight is 194 g/mol. The standard InChI is InChI=1S/C9H14N4O/c10-9(12-14)4-7-5-13(6-11-7)8-2-1-3-8/h5-6,8,14H,1-4H2,(H2,10,12). The highest BCUT2D eigenvalue weighted by Gasteiger charge is 2.19. The Kier molecular flexibility index (Phi) is 2.39. The maximum Gasteiger partial charge on any atom is 0.145 e. The topological polar surface area (TPSA) is 76.4 Å². The molecule has 0 unspecified atom stereocenters. The molecule has 5 heteroatoms. The number of nitrogens with zero attached hydrogens (tertiary/aromatic N) is 3. The molecule has 1 aliphatic carbocycles. The SMILES string of the molecule is N/C(Cc1cn(C2CCC2)cn1)=N\O. The third-order valence-electron chi connectivity index (χ3n) is 2.64. The van der Waals surface area contributed by atoms with Gasteiger partial charge in [-0.15, -0.1) is 0 Å². The molecule has 14 heavy (non-hydrogen) atoms. The lowest BCUT2D eigenvalue weighted by Crippen LogP contribution is -2.16. The highest BCUT2D eigenvalue weighted by atomic mass is 16.4. The maximum absolute atomic E-state index is 8.40. The summed E-state index contributed by atoms with van der Waals surface area (Å²) in [5.74, 6) is 0.198. The number of oxime groups is 1. The van der Waals surface area contributed by atoms with Crippen molar-refractivity contribution in [3.8, 4) is 0 Å². The van der Waals surface area contributed by atoms with Crippen LogP contribution >= 0.6 is 0 Å². The van der Waals surface area contributed by atoms with Crippen LogP contribution in [0.5, 0.6) is 0 Å². The van der Waals surface area contributed by atoms with Crippen LogP contribution in [0.1, 0.15) is 31.0 Å². The summed E-state index contributed by atoms with van der Waals surface area (Å²) in [5.41, 5.74) is 6.24. The molecule has 0 spiro atoms. The van der Waals surface area contributed by atoms with Crippen LogP contribution in [0.25, 0.3) is 0 Å². The Hall–Kier alpha value is -1.52. The van der Waals surface area contributed by atoms with Crippen LogP contribution in [0.15, 0.2) is 17.7 Å². The van der Waals surface area contributed by atoms with E-state index in [9.17, 15) is 0 Å². The van der Waals surface area contributed by atoms with E-state index in [4.69, 9.17) is 10.9 Å². The number of imidazole rings is 1. The van der Waals surface area contributed by atoms with Crippen LogP contribution in [-0.2, 0) is 6.42 Å². The number of amidine groups is 1. The third kappa shape index (κ3) is 1.71. The molecule has 2 rings (SSSR count). The quantitative estimate of drug-likeness (QED) is 0.325. The van der Waals surface area contributed by atoms with Crippen molar-refractivity contribution in [1.29, 1.82) is 0 Å². The summed E-state index contributed by atoms with van der Waals surface area (Å²) in [6.45, 7) is 0. The first-order valence-electron chi connectivity index (χ1n) is 4.78. The van der Waals surface area contributed by atoms with Crippen molar-refractivity contribution in [2.45, 2.75) is 31.7 Å². The minimum Gasteiger partial charge on any atom is -0.409 e. The van der Waals surface area contributed by atoms with Crippen molar-refractivity contribution >= 4 is 5.84 Å². The van der Waals surface area contributed by atoms with Crippen molar-refractivity contribution in [3.63, 3.8) is 0 Å². The average Bonchev–Trinajstić information content (AvgIpc) is 2.50. The second-order valence-electron chi connectivity index (χ2n) is 3.67. The van der Waals surface area contributed by atoms with Crippen LogP contribution < -0.4 is 5.73 Å². The number of rotatable bonds is 3. The predicted octanol–water partition coefficient (Wildman–Crippen LogP) is 0.897. The molecule has 0 aromatic carbocycles. The molecule has 1 fully saturated rings. The first kappa shape index (κ1) is 9.05. The van der Waals surface area contributed by atoms with E-state index in [0.717, 1.165) is 5.69 Å². The molecule has 76 valence electrons. The molecule has 1 aromatic heterocycles. The number of nitrogens with two attached hydrogens (primary N) is 1. The van der Waals surface area contributed by atoms with Gasteiger partial charge in [-0.3, -0.25) is 0 Å². The summed E-state index contributed by atoms with van der Waals surface area (Å²) in [6, 6.07) is 0.614. The van der Waals surface area contributed by atoms with Gasteiger partial charge in [0, 0.05) is 12.2 Å². The smallest absolute Gasteiger partial charge is 0.145 e. The normalized spacial score (nSPS) is 18.1. The summed E-state index contributed by atoms with van der Waals surface area (Å²) in [7, 11) is 0. The van der Waals surface area contributed by atoms with E-state index >= 15 is 0 Å². The van der Waals surface area contributed by atoms with Crippen molar-refractivity contribution < 1.29 is 5.21 Å². The Morgan fingerprint density at radius 3 is 3.07 bits per heavy atom. The zero-order chi connectivity index (χ0) is 9.97. The minimum atomic E-state index is 0.198. The lowest BCUT2D eigenvalue weighted by atomic mass is 9.93. The van der Waals surface area contributed by atoms with Crippen molar-refractivity contribution in [2.75, 3.05) is 0 Å². The molecule has 0 amide bonds. The van der Waals surface area contributed by atoms with Gasteiger partial charge in [0.1, 0.15) is 5.84 Å². The van der Waals surface area contributed by atoms with Gasteiger partial charge in [0.25, 0.3) is 0 Å². The Morgan fingerprint density at radius 1 is 1.71 bits per heavy atom. The maximum atomic E-state index is 8.40. The van der Waals surface area contributed by atoms with Crippen LogP contribution in [0, 0.1) is 0 Å². The van der Waals surface area contributed by atoms with E-state index in [1.807, 2.05) is 12.5 Å². The van der Waals surface area contributed by atoms with Gasteiger partial charge in [0.05, 0.1) is 18.4 Å². The van der Waals surface area contributed by atoms with Gasteiger partial charge in [-0.25, -0.2) is 4.98 Å². The Bertz CT molecular complexity index is 340. The molecule has 1 aromatic rings. The van der Waals surface area contributed by atoms with E-state index in [0.29, 0.717) is 12.5 Å². The molecule has 0 atom stereocenters. The molecule has 1 saturated carbocycles. The molecule has 1 heterocycles. The molecule has 0 saturated heterocycles. The summed E-state index contributed by atoms with van der Waals surface area (Å²) in [6.07, 6.45) is 7.99. The fraction of sp³-hybridized carbons (Fsp3) is 0.556. The summed E-state index contributed by atoms with van der Waals surface area (Å²) in [5, 5.41) is 11.3. The van der Waals surface area contributed by atoms with Crippen molar-refractivity contribution in [1.82, 2.24) is 9.55 Å². The van der Waals surface area contributed by atoms with Gasteiger partial charge >= 0.3 is 0 Å². The lowest BCUT2D eigenvalue weighted by Gasteiger charge is -2.26. The van der Waals surface area contributed by atoms with Crippen LogP contribution in [0.4, 0.5) is 0 Å². The van der Waals surface area contributed by atoms with E-state index in [-0.39, 0.29) is 5.84 Å². The van der Waals surface area contributed by atoms with Gasteiger partial charge in [0.2, 0.25) is 0 Å². The monoisotopic (exact) mass is 194 g/mol. The van der Waals surface area contributed by atoms with E-state index in [1.54, 1.807) is 0 Å². The molecule has 0 aliphatic heterocycles. The van der Waals surface area contributed by atoms with E-state index in [2.05, 4.69) is 14.7 Å². The molecule has 5 nitrogen and oxygen atoms in total. The van der Waals surface area contributed by atoms with Gasteiger partial charge in [-0.1, -0.05) is 5.16 Å². The second-order valence-corrected chi connectivity index (χ2v) is 3.67. The van der Waals surface area contributed by atoms with Gasteiger partial charge in [0.15, 0.2) is 0 Å². The highest BCUT2D eigenvalue weighted by Crippen LogP contribution is 2.31. The largest absolute Gasteiger partial charge is 0.409 e. The van der Waals surface area contributed by atoms with Crippen LogP contribution in [-0.4, -0.2) is 20.6 Å². The zero-order valence-electron chi connectivity index (χ0n) is 7.93. The molecule has 1 aliphatic rings. The van der Waals surface area contributed by atoms with Gasteiger partial charge in [-0.05, 0) is 19.3 Å². The Morgan fingerprint density at radius 2 is 2.50 bits per heavy atom. The molecular weight excluding hydrogens is 180 g/mol. The molecule has 0 bridgehead atoms. The number of aromatic nitrogens is 2. The fourth-order valence-electron chi connectivity index (χ4n) is 1.58. The zero-order valence-corrected chi connectivity index (χ0v) is 7.93. The van der Waals surface area contributed by atoms with Gasteiger partial charge < -0.3 is 15.5 Å². The lowest BCUT2D eigenvalue weighted by molar-refractivity contribution is 0.313. The van der Waals surface area contributed by atoms with E-state index in [1.165, 1.54) is 19.3 Å². The molecular formula is C9H14N4O.